The molecule has 0 spiro atoms. The zero-order chi connectivity index (χ0) is 22.1. The van der Waals surface area contributed by atoms with Gasteiger partial charge < -0.3 is 20.1 Å². The first-order valence-electron chi connectivity index (χ1n) is 10.3. The first-order chi connectivity index (χ1) is 15.1. The largest absolute Gasteiger partial charge is 0.490 e. The van der Waals surface area contributed by atoms with Crippen molar-refractivity contribution < 1.29 is 23.9 Å². The van der Waals surface area contributed by atoms with Crippen molar-refractivity contribution in [1.29, 1.82) is 0 Å². The molecule has 3 rings (SSSR count). The van der Waals surface area contributed by atoms with Crippen molar-refractivity contribution in [1.82, 2.24) is 5.32 Å². The van der Waals surface area contributed by atoms with E-state index in [1.165, 1.54) is 0 Å². The van der Waals surface area contributed by atoms with Gasteiger partial charge in [0.1, 0.15) is 12.4 Å². The fraction of sp³-hybridized carbons (Fsp3) is 0.292. The lowest BCUT2D eigenvalue weighted by Crippen LogP contribution is -2.33. The lowest BCUT2D eigenvalue weighted by atomic mass is 10.1. The molecule has 0 unspecified atom stereocenters. The van der Waals surface area contributed by atoms with Gasteiger partial charge in [0.05, 0.1) is 16.8 Å². The minimum absolute atomic E-state index is 0.172. The molecule has 0 bridgehead atoms. The van der Waals surface area contributed by atoms with Gasteiger partial charge in [-0.15, -0.1) is 0 Å². The van der Waals surface area contributed by atoms with Crippen molar-refractivity contribution in [2.24, 2.45) is 0 Å². The van der Waals surface area contributed by atoms with Gasteiger partial charge in [0.15, 0.2) is 6.61 Å². The Morgan fingerprint density at radius 3 is 2.45 bits per heavy atom. The fourth-order valence-corrected chi connectivity index (χ4v) is 3.37. The number of hydrogen-bond acceptors (Lipinski definition) is 5. The standard InChI is InChI=1S/C24H26N2O5/c1-2-15-30-19-13-11-17(12-14-19)24(29)31-16-22(27)26-21-10-6-5-9-20(21)23(28)25-18-7-3-4-8-18/h2,5-6,9-14,18H,1,3-4,7-8,15-16H2,(H,25,28)(H,26,27). The number of nitrogens with one attached hydrogen (secondary N) is 2. The van der Waals surface area contributed by atoms with Crippen molar-refractivity contribution in [3.8, 4) is 5.75 Å². The van der Waals surface area contributed by atoms with E-state index in [-0.39, 0.29) is 11.9 Å². The summed E-state index contributed by atoms with van der Waals surface area (Å²) in [5, 5.41) is 5.66. The van der Waals surface area contributed by atoms with Crippen LogP contribution >= 0.6 is 0 Å². The molecule has 162 valence electrons. The number of ether oxygens (including phenoxy) is 2. The van der Waals surface area contributed by atoms with Gasteiger partial charge in [0, 0.05) is 6.04 Å². The minimum atomic E-state index is -0.627. The maximum absolute atomic E-state index is 12.6. The summed E-state index contributed by atoms with van der Waals surface area (Å²) in [7, 11) is 0. The third kappa shape index (κ3) is 6.44. The van der Waals surface area contributed by atoms with Crippen LogP contribution < -0.4 is 15.4 Å². The number of esters is 1. The Bertz CT molecular complexity index is 933. The van der Waals surface area contributed by atoms with Gasteiger partial charge in [-0.2, -0.15) is 0 Å². The van der Waals surface area contributed by atoms with Gasteiger partial charge >= 0.3 is 5.97 Å². The van der Waals surface area contributed by atoms with Crippen LogP contribution in [0.4, 0.5) is 5.69 Å². The Morgan fingerprint density at radius 1 is 1.03 bits per heavy atom. The molecule has 1 aliphatic carbocycles. The Kier molecular flexibility index (Phi) is 7.81. The fourth-order valence-electron chi connectivity index (χ4n) is 3.37. The molecule has 0 radical (unpaired) electrons. The minimum Gasteiger partial charge on any atom is -0.490 e. The zero-order valence-electron chi connectivity index (χ0n) is 17.3. The molecule has 0 atom stereocenters. The molecule has 31 heavy (non-hydrogen) atoms. The molecule has 0 aromatic heterocycles. The SMILES string of the molecule is C=CCOc1ccc(C(=O)OCC(=O)Nc2ccccc2C(=O)NC2CCCC2)cc1. The second-order valence-electron chi connectivity index (χ2n) is 7.25. The van der Waals surface area contributed by atoms with Gasteiger partial charge in [-0.05, 0) is 49.2 Å². The van der Waals surface area contributed by atoms with E-state index in [1.807, 2.05) is 0 Å². The molecular weight excluding hydrogens is 396 g/mol. The summed E-state index contributed by atoms with van der Waals surface area (Å²) in [5.74, 6) is -0.779. The number of anilines is 1. The van der Waals surface area contributed by atoms with Gasteiger partial charge in [-0.3, -0.25) is 9.59 Å². The lowest BCUT2D eigenvalue weighted by Gasteiger charge is -2.15. The van der Waals surface area contributed by atoms with E-state index in [2.05, 4.69) is 17.2 Å². The highest BCUT2D eigenvalue weighted by Crippen LogP contribution is 2.20. The average Bonchev–Trinajstić information content (AvgIpc) is 3.29. The van der Waals surface area contributed by atoms with Crippen molar-refractivity contribution >= 4 is 23.5 Å². The molecule has 7 heteroatoms. The van der Waals surface area contributed by atoms with Gasteiger partial charge in [-0.25, -0.2) is 4.79 Å². The van der Waals surface area contributed by atoms with E-state index in [9.17, 15) is 14.4 Å². The highest BCUT2D eigenvalue weighted by molar-refractivity contribution is 6.04. The van der Waals surface area contributed by atoms with E-state index < -0.39 is 18.5 Å². The quantitative estimate of drug-likeness (QED) is 0.475. The number of para-hydroxylation sites is 1. The second-order valence-corrected chi connectivity index (χ2v) is 7.25. The summed E-state index contributed by atoms with van der Waals surface area (Å²) in [6.07, 6.45) is 5.78. The monoisotopic (exact) mass is 422 g/mol. The predicted molar refractivity (Wildman–Crippen MR) is 117 cm³/mol. The van der Waals surface area contributed by atoms with Crippen LogP contribution in [0.25, 0.3) is 0 Å². The van der Waals surface area contributed by atoms with Crippen molar-refractivity contribution in [3.63, 3.8) is 0 Å². The van der Waals surface area contributed by atoms with Crippen LogP contribution in [-0.4, -0.2) is 37.0 Å². The maximum Gasteiger partial charge on any atom is 0.338 e. The van der Waals surface area contributed by atoms with Crippen molar-refractivity contribution in [3.05, 3.63) is 72.3 Å². The number of carbonyl (C=O) groups excluding carboxylic acids is 3. The van der Waals surface area contributed by atoms with E-state index in [4.69, 9.17) is 9.47 Å². The van der Waals surface area contributed by atoms with Crippen LogP contribution in [0, 0.1) is 0 Å². The Balaban J connectivity index is 1.53. The molecule has 7 nitrogen and oxygen atoms in total. The third-order valence-electron chi connectivity index (χ3n) is 4.93. The van der Waals surface area contributed by atoms with Gasteiger partial charge in [-0.1, -0.05) is 37.6 Å². The van der Waals surface area contributed by atoms with Gasteiger partial charge in [0.25, 0.3) is 11.8 Å². The molecule has 2 N–H and O–H groups in total. The van der Waals surface area contributed by atoms with E-state index >= 15 is 0 Å². The van der Waals surface area contributed by atoms with Crippen LogP contribution in [0.15, 0.2) is 61.2 Å². The smallest absolute Gasteiger partial charge is 0.338 e. The highest BCUT2D eigenvalue weighted by Gasteiger charge is 2.20. The van der Waals surface area contributed by atoms with Crippen LogP contribution in [0.3, 0.4) is 0 Å². The molecule has 0 saturated heterocycles. The molecule has 0 heterocycles. The van der Waals surface area contributed by atoms with Crippen LogP contribution in [0.5, 0.6) is 5.75 Å². The number of hydrogen-bond donors (Lipinski definition) is 2. The van der Waals surface area contributed by atoms with E-state index in [0.717, 1.165) is 25.7 Å². The molecule has 2 amide bonds. The Labute approximate surface area is 181 Å². The number of amides is 2. The zero-order valence-corrected chi connectivity index (χ0v) is 17.3. The van der Waals surface area contributed by atoms with Gasteiger partial charge in [0.2, 0.25) is 0 Å². The summed E-state index contributed by atoms with van der Waals surface area (Å²) < 4.78 is 10.4. The topological polar surface area (TPSA) is 93.7 Å². The molecule has 1 fully saturated rings. The normalized spacial score (nSPS) is 13.3. The molecule has 2 aromatic rings. The first kappa shape index (κ1) is 22.1. The van der Waals surface area contributed by atoms with Crippen LogP contribution in [-0.2, 0) is 9.53 Å². The summed E-state index contributed by atoms with van der Waals surface area (Å²) in [6.45, 7) is 3.47. The predicted octanol–water partition coefficient (Wildman–Crippen LogP) is 3.72. The number of carbonyl (C=O) groups is 3. The highest BCUT2D eigenvalue weighted by atomic mass is 16.5. The third-order valence-corrected chi connectivity index (χ3v) is 4.93. The van der Waals surface area contributed by atoms with E-state index in [1.54, 1.807) is 54.6 Å². The van der Waals surface area contributed by atoms with E-state index in [0.29, 0.717) is 29.2 Å². The first-order valence-corrected chi connectivity index (χ1v) is 10.3. The Hall–Kier alpha value is -3.61. The second kappa shape index (κ2) is 11.0. The lowest BCUT2D eigenvalue weighted by molar-refractivity contribution is -0.119. The molecular formula is C24H26N2O5. The average molecular weight is 422 g/mol. The summed E-state index contributed by atoms with van der Waals surface area (Å²) in [6, 6.07) is 13.3. The summed E-state index contributed by atoms with van der Waals surface area (Å²) >= 11 is 0. The molecule has 2 aromatic carbocycles. The van der Waals surface area contributed by atoms with Crippen LogP contribution in [0.2, 0.25) is 0 Å². The molecule has 1 saturated carbocycles. The number of rotatable bonds is 9. The molecule has 0 aliphatic heterocycles. The maximum atomic E-state index is 12.6. The molecule has 1 aliphatic rings. The summed E-state index contributed by atoms with van der Waals surface area (Å²) in [4.78, 5) is 37.0. The Morgan fingerprint density at radius 2 is 1.74 bits per heavy atom. The summed E-state index contributed by atoms with van der Waals surface area (Å²) in [5.41, 5.74) is 1.06. The van der Waals surface area contributed by atoms with Crippen molar-refractivity contribution in [2.45, 2.75) is 31.7 Å². The van der Waals surface area contributed by atoms with Crippen molar-refractivity contribution in [2.75, 3.05) is 18.5 Å². The number of benzene rings is 2. The van der Waals surface area contributed by atoms with Crippen LogP contribution in [0.1, 0.15) is 46.4 Å².